The van der Waals surface area contributed by atoms with E-state index in [4.69, 9.17) is 11.6 Å². The Morgan fingerprint density at radius 1 is 1.15 bits per heavy atom. The normalized spacial score (nSPS) is 12.7. The lowest BCUT2D eigenvalue weighted by Crippen LogP contribution is -2.26. The molecule has 1 amide bonds. The van der Waals surface area contributed by atoms with Crippen molar-refractivity contribution in [3.63, 3.8) is 0 Å². The molecule has 27 heavy (non-hydrogen) atoms. The van der Waals surface area contributed by atoms with Crippen molar-refractivity contribution in [2.45, 2.75) is 24.4 Å². The highest BCUT2D eigenvalue weighted by Gasteiger charge is 2.17. The van der Waals surface area contributed by atoms with Crippen LogP contribution in [0.3, 0.4) is 0 Å². The van der Waals surface area contributed by atoms with Crippen LogP contribution in [0.5, 0.6) is 0 Å². The van der Waals surface area contributed by atoms with Gasteiger partial charge in [-0.05, 0) is 54.8 Å². The van der Waals surface area contributed by atoms with Gasteiger partial charge in [0.05, 0.1) is 15.3 Å². The maximum Gasteiger partial charge on any atom is 0.251 e. The Morgan fingerprint density at radius 2 is 1.89 bits per heavy atom. The molecule has 2 heterocycles. The maximum absolute atomic E-state index is 12.4. The summed E-state index contributed by atoms with van der Waals surface area (Å²) in [7, 11) is -3.63. The molecule has 142 valence electrons. The lowest BCUT2D eigenvalue weighted by Gasteiger charge is -2.12. The summed E-state index contributed by atoms with van der Waals surface area (Å²) in [5.41, 5.74) is 0.390. The van der Waals surface area contributed by atoms with E-state index in [0.717, 1.165) is 9.75 Å². The summed E-state index contributed by atoms with van der Waals surface area (Å²) < 4.78 is 27.9. The Morgan fingerprint density at radius 3 is 2.48 bits per heavy atom. The van der Waals surface area contributed by atoms with Gasteiger partial charge in [0.15, 0.2) is 0 Å². The molecular weight excluding hydrogens is 424 g/mol. The summed E-state index contributed by atoms with van der Waals surface area (Å²) in [6, 6.07) is 13.1. The van der Waals surface area contributed by atoms with Crippen molar-refractivity contribution >= 4 is 50.2 Å². The highest BCUT2D eigenvalue weighted by molar-refractivity contribution is 7.89. The molecule has 3 aromatic rings. The van der Waals surface area contributed by atoms with E-state index in [-0.39, 0.29) is 23.4 Å². The smallest absolute Gasteiger partial charge is 0.251 e. The van der Waals surface area contributed by atoms with Crippen LogP contribution in [0.2, 0.25) is 4.34 Å². The molecule has 0 spiro atoms. The molecule has 1 aromatic carbocycles. The molecule has 9 heteroatoms. The summed E-state index contributed by atoms with van der Waals surface area (Å²) in [6.45, 7) is 2.11. The fourth-order valence-corrected chi connectivity index (χ4v) is 5.17. The van der Waals surface area contributed by atoms with Gasteiger partial charge in [-0.1, -0.05) is 17.7 Å². The zero-order valence-electron chi connectivity index (χ0n) is 14.3. The number of halogens is 1. The summed E-state index contributed by atoms with van der Waals surface area (Å²) in [6.07, 6.45) is 0. The molecule has 1 unspecified atom stereocenters. The third-order valence-electron chi connectivity index (χ3n) is 3.81. The van der Waals surface area contributed by atoms with E-state index >= 15 is 0 Å². The second-order valence-electron chi connectivity index (χ2n) is 5.77. The number of hydrogen-bond acceptors (Lipinski definition) is 5. The summed E-state index contributed by atoms with van der Waals surface area (Å²) in [5.74, 6) is -0.275. The van der Waals surface area contributed by atoms with E-state index in [0.29, 0.717) is 9.90 Å². The van der Waals surface area contributed by atoms with E-state index in [2.05, 4.69) is 10.0 Å². The van der Waals surface area contributed by atoms with Gasteiger partial charge in [-0.15, -0.1) is 22.7 Å². The van der Waals surface area contributed by atoms with Crippen molar-refractivity contribution < 1.29 is 13.2 Å². The molecule has 1 atom stereocenters. The second kappa shape index (κ2) is 8.53. The van der Waals surface area contributed by atoms with Crippen molar-refractivity contribution in [3.8, 4) is 0 Å². The van der Waals surface area contributed by atoms with Gasteiger partial charge in [0.2, 0.25) is 10.0 Å². The van der Waals surface area contributed by atoms with Crippen molar-refractivity contribution in [1.29, 1.82) is 0 Å². The second-order valence-corrected chi connectivity index (χ2v) is 10.3. The molecular formula is C18H17ClN2O3S3. The number of benzene rings is 1. The first-order valence-electron chi connectivity index (χ1n) is 8.03. The van der Waals surface area contributed by atoms with Gasteiger partial charge < -0.3 is 5.32 Å². The van der Waals surface area contributed by atoms with Crippen LogP contribution in [0.15, 0.2) is 58.8 Å². The fraction of sp³-hybridized carbons (Fsp3) is 0.167. The van der Waals surface area contributed by atoms with Gasteiger partial charge in [-0.3, -0.25) is 4.79 Å². The molecule has 0 aliphatic heterocycles. The van der Waals surface area contributed by atoms with Crippen LogP contribution in [-0.2, 0) is 16.6 Å². The first-order valence-corrected chi connectivity index (χ1v) is 11.6. The van der Waals surface area contributed by atoms with E-state index < -0.39 is 10.0 Å². The monoisotopic (exact) mass is 440 g/mol. The number of carbonyl (C=O) groups is 1. The van der Waals surface area contributed by atoms with Crippen molar-refractivity contribution in [2.24, 2.45) is 0 Å². The first-order chi connectivity index (χ1) is 12.8. The van der Waals surface area contributed by atoms with Crippen LogP contribution < -0.4 is 10.0 Å². The van der Waals surface area contributed by atoms with Crippen LogP contribution in [-0.4, -0.2) is 14.3 Å². The zero-order valence-corrected chi connectivity index (χ0v) is 17.5. The number of amides is 1. The van der Waals surface area contributed by atoms with Gasteiger partial charge in [0, 0.05) is 21.9 Å². The average molecular weight is 441 g/mol. The van der Waals surface area contributed by atoms with Gasteiger partial charge >= 0.3 is 0 Å². The van der Waals surface area contributed by atoms with E-state index in [1.807, 2.05) is 30.5 Å². The largest absolute Gasteiger partial charge is 0.345 e. The van der Waals surface area contributed by atoms with E-state index in [9.17, 15) is 13.2 Å². The van der Waals surface area contributed by atoms with Gasteiger partial charge in [-0.25, -0.2) is 13.1 Å². The predicted molar refractivity (Wildman–Crippen MR) is 110 cm³/mol. The molecule has 0 fully saturated rings. The minimum absolute atomic E-state index is 0.119. The summed E-state index contributed by atoms with van der Waals surface area (Å²) >= 11 is 8.81. The third-order valence-corrected chi connectivity index (χ3v) is 7.52. The Balaban J connectivity index is 1.64. The molecule has 2 N–H and O–H groups in total. The van der Waals surface area contributed by atoms with Crippen molar-refractivity contribution in [3.05, 3.63) is 73.6 Å². The lowest BCUT2D eigenvalue weighted by atomic mass is 10.2. The molecule has 0 aliphatic rings. The van der Waals surface area contributed by atoms with E-state index in [1.165, 1.54) is 46.9 Å². The van der Waals surface area contributed by atoms with Gasteiger partial charge in [0.25, 0.3) is 5.91 Å². The lowest BCUT2D eigenvalue weighted by molar-refractivity contribution is 0.0940. The third kappa shape index (κ3) is 5.18. The molecule has 3 rings (SSSR count). The quantitative estimate of drug-likeness (QED) is 0.570. The maximum atomic E-state index is 12.4. The van der Waals surface area contributed by atoms with Gasteiger partial charge in [-0.2, -0.15) is 0 Å². The van der Waals surface area contributed by atoms with Gasteiger partial charge in [0.1, 0.15) is 0 Å². The Kier molecular flexibility index (Phi) is 6.33. The number of nitrogens with one attached hydrogen (secondary N) is 2. The van der Waals surface area contributed by atoms with Crippen LogP contribution in [0.25, 0.3) is 0 Å². The highest BCUT2D eigenvalue weighted by atomic mass is 35.5. The Bertz CT molecular complexity index is 1010. The topological polar surface area (TPSA) is 75.3 Å². The van der Waals surface area contributed by atoms with Crippen LogP contribution in [0, 0.1) is 0 Å². The zero-order chi connectivity index (χ0) is 19.4. The molecule has 0 saturated heterocycles. The molecule has 0 radical (unpaired) electrons. The SMILES string of the molecule is CC(NC(=O)c1ccc(S(=O)(=O)NCc2cccs2)cc1)c1ccc(Cl)s1. The highest BCUT2D eigenvalue weighted by Crippen LogP contribution is 2.26. The minimum atomic E-state index is -3.63. The van der Waals surface area contributed by atoms with E-state index in [1.54, 1.807) is 6.07 Å². The Hall–Kier alpha value is -1.71. The molecule has 2 aromatic heterocycles. The Labute approximate surface area is 171 Å². The molecule has 0 aliphatic carbocycles. The van der Waals surface area contributed by atoms with Crippen LogP contribution in [0.1, 0.15) is 33.1 Å². The number of thiophene rings is 2. The number of rotatable bonds is 7. The molecule has 5 nitrogen and oxygen atoms in total. The number of carbonyl (C=O) groups excluding carboxylic acids is 1. The first kappa shape index (κ1) is 20.0. The molecule has 0 saturated carbocycles. The minimum Gasteiger partial charge on any atom is -0.345 e. The van der Waals surface area contributed by atoms with Crippen molar-refractivity contribution in [1.82, 2.24) is 10.0 Å². The standard InChI is InChI=1S/C18H17ClN2O3S3/c1-12(16-8-9-17(19)26-16)21-18(22)13-4-6-15(7-5-13)27(23,24)20-11-14-3-2-10-25-14/h2-10,12,20H,11H2,1H3,(H,21,22). The molecule has 0 bridgehead atoms. The van der Waals surface area contributed by atoms with Crippen LogP contribution in [0.4, 0.5) is 0 Å². The number of hydrogen-bond donors (Lipinski definition) is 2. The average Bonchev–Trinajstić information content (AvgIpc) is 3.31. The summed E-state index contributed by atoms with van der Waals surface area (Å²) in [5, 5.41) is 4.77. The number of sulfonamides is 1. The van der Waals surface area contributed by atoms with Crippen LogP contribution >= 0.6 is 34.3 Å². The predicted octanol–water partition coefficient (Wildman–Crippen LogP) is 4.43. The summed E-state index contributed by atoms with van der Waals surface area (Å²) in [4.78, 5) is 14.4. The fourth-order valence-electron chi connectivity index (χ4n) is 2.36. The van der Waals surface area contributed by atoms with Crippen molar-refractivity contribution in [2.75, 3.05) is 0 Å².